The van der Waals surface area contributed by atoms with Crippen molar-refractivity contribution < 1.29 is 17.9 Å². The number of alkyl halides is 3. The van der Waals surface area contributed by atoms with E-state index in [9.17, 15) is 13.2 Å². The second-order valence-electron chi connectivity index (χ2n) is 5.29. The molecule has 0 fully saturated rings. The molecule has 11 heteroatoms. The average Bonchev–Trinajstić information content (AvgIpc) is 3.01. The van der Waals surface area contributed by atoms with Crippen molar-refractivity contribution in [1.82, 2.24) is 19.9 Å². The molecule has 0 saturated carbocycles. The lowest BCUT2D eigenvalue weighted by Gasteiger charge is -2.09. The van der Waals surface area contributed by atoms with Crippen LogP contribution in [0.2, 0.25) is 0 Å². The molecule has 0 unspecified atom stereocenters. The van der Waals surface area contributed by atoms with Crippen LogP contribution in [0.4, 0.5) is 13.2 Å². The number of aliphatic imine (C=N–C) groups is 1. The first-order valence-electron chi connectivity index (χ1n) is 7.58. The Labute approximate surface area is 169 Å². The van der Waals surface area contributed by atoms with Crippen LogP contribution < -0.4 is 15.8 Å². The van der Waals surface area contributed by atoms with Crippen LogP contribution in [0.25, 0.3) is 5.65 Å². The molecule has 3 N–H and O–H groups in total. The van der Waals surface area contributed by atoms with Crippen LogP contribution in [-0.2, 0) is 13.1 Å². The van der Waals surface area contributed by atoms with E-state index in [4.69, 9.17) is 5.73 Å². The zero-order valence-corrected chi connectivity index (χ0v) is 16.2. The van der Waals surface area contributed by atoms with Crippen molar-refractivity contribution in [2.24, 2.45) is 10.7 Å². The lowest BCUT2D eigenvalue weighted by atomic mass is 10.2. The Morgan fingerprint density at radius 2 is 1.89 bits per heavy atom. The van der Waals surface area contributed by atoms with Crippen molar-refractivity contribution in [3.63, 3.8) is 0 Å². The minimum absolute atomic E-state index is 0. The Hall–Kier alpha value is -2.57. The molecule has 144 valence electrons. The number of ether oxygens (including phenoxy) is 1. The second-order valence-corrected chi connectivity index (χ2v) is 5.29. The minimum atomic E-state index is -4.71. The van der Waals surface area contributed by atoms with Gasteiger partial charge in [0, 0.05) is 6.20 Å². The summed E-state index contributed by atoms with van der Waals surface area (Å²) in [4.78, 5) is 4.14. The number of fused-ring (bicyclic) bond motifs is 1. The standard InChI is InChI=1S/C16H15F3N6O.HI/c17-16(18,19)26-12-6-4-11(5-7-12)9-21-15(20)22-10-14-24-23-13-3-1-2-8-25(13)14;/h1-8H,9-10H2,(H3,20,21,22);1H. The summed E-state index contributed by atoms with van der Waals surface area (Å²) in [5.41, 5.74) is 7.22. The highest BCUT2D eigenvalue weighted by Crippen LogP contribution is 2.22. The predicted molar refractivity (Wildman–Crippen MR) is 104 cm³/mol. The molecule has 0 radical (unpaired) electrons. The molecule has 0 spiro atoms. The summed E-state index contributed by atoms with van der Waals surface area (Å²) in [5, 5.41) is 11.0. The summed E-state index contributed by atoms with van der Waals surface area (Å²) in [6, 6.07) is 11.0. The number of guanidine groups is 1. The maximum atomic E-state index is 12.1. The fraction of sp³-hybridized carbons (Fsp3) is 0.188. The van der Waals surface area contributed by atoms with E-state index in [0.29, 0.717) is 17.9 Å². The maximum absolute atomic E-state index is 12.1. The maximum Gasteiger partial charge on any atom is 0.573 e. The van der Waals surface area contributed by atoms with Gasteiger partial charge in [0.05, 0.1) is 13.1 Å². The summed E-state index contributed by atoms with van der Waals surface area (Å²) < 4.78 is 42.0. The Kier molecular flexibility index (Phi) is 6.82. The van der Waals surface area contributed by atoms with Crippen molar-refractivity contribution in [2.75, 3.05) is 0 Å². The zero-order valence-electron chi connectivity index (χ0n) is 13.8. The van der Waals surface area contributed by atoms with Crippen LogP contribution in [-0.4, -0.2) is 26.9 Å². The highest BCUT2D eigenvalue weighted by molar-refractivity contribution is 14.0. The minimum Gasteiger partial charge on any atom is -0.406 e. The molecule has 0 aliphatic heterocycles. The van der Waals surface area contributed by atoms with Crippen LogP contribution in [0, 0.1) is 0 Å². The molecule has 7 nitrogen and oxygen atoms in total. The molecule has 0 saturated heterocycles. The van der Waals surface area contributed by atoms with Crippen LogP contribution in [0.3, 0.4) is 0 Å². The van der Waals surface area contributed by atoms with Gasteiger partial charge in [-0.2, -0.15) is 0 Å². The molecule has 0 aliphatic rings. The van der Waals surface area contributed by atoms with E-state index < -0.39 is 6.36 Å². The van der Waals surface area contributed by atoms with Gasteiger partial charge in [-0.1, -0.05) is 18.2 Å². The summed E-state index contributed by atoms with van der Waals surface area (Å²) in [5.74, 6) is 0.579. The van der Waals surface area contributed by atoms with Gasteiger partial charge in [-0.05, 0) is 29.8 Å². The predicted octanol–water partition coefficient (Wildman–Crippen LogP) is 2.85. The van der Waals surface area contributed by atoms with E-state index in [1.165, 1.54) is 24.3 Å². The number of hydrogen-bond donors (Lipinski definition) is 2. The monoisotopic (exact) mass is 492 g/mol. The number of benzene rings is 1. The lowest BCUT2D eigenvalue weighted by molar-refractivity contribution is -0.274. The highest BCUT2D eigenvalue weighted by atomic mass is 127. The molecule has 0 bridgehead atoms. The lowest BCUT2D eigenvalue weighted by Crippen LogP contribution is -2.31. The second kappa shape index (κ2) is 8.88. The number of nitrogens with zero attached hydrogens (tertiary/aromatic N) is 4. The number of halogens is 4. The molecule has 0 aliphatic carbocycles. The summed E-state index contributed by atoms with van der Waals surface area (Å²) >= 11 is 0. The first-order valence-corrected chi connectivity index (χ1v) is 7.58. The van der Waals surface area contributed by atoms with Gasteiger partial charge >= 0.3 is 6.36 Å². The molecule has 0 atom stereocenters. The largest absolute Gasteiger partial charge is 0.573 e. The molecule has 2 aromatic heterocycles. The molecule has 3 aromatic rings. The van der Waals surface area contributed by atoms with Crippen LogP contribution in [0.5, 0.6) is 5.75 Å². The molecular weight excluding hydrogens is 476 g/mol. The van der Waals surface area contributed by atoms with E-state index in [1.807, 2.05) is 28.8 Å². The molecule has 1 aromatic carbocycles. The molecule has 0 amide bonds. The van der Waals surface area contributed by atoms with Crippen LogP contribution >= 0.6 is 24.0 Å². The number of rotatable bonds is 5. The third kappa shape index (κ3) is 5.98. The van der Waals surface area contributed by atoms with Crippen LogP contribution in [0.15, 0.2) is 53.7 Å². The van der Waals surface area contributed by atoms with Crippen LogP contribution in [0.1, 0.15) is 11.4 Å². The smallest absolute Gasteiger partial charge is 0.406 e. The summed E-state index contributed by atoms with van der Waals surface area (Å²) in [6.07, 6.45) is -2.87. The first kappa shape index (κ1) is 20.7. The van der Waals surface area contributed by atoms with Gasteiger partial charge < -0.3 is 15.8 Å². The van der Waals surface area contributed by atoms with E-state index >= 15 is 0 Å². The summed E-state index contributed by atoms with van der Waals surface area (Å²) in [7, 11) is 0. The van der Waals surface area contributed by atoms with Crippen molar-refractivity contribution in [2.45, 2.75) is 19.5 Å². The molecule has 27 heavy (non-hydrogen) atoms. The van der Waals surface area contributed by atoms with Crippen molar-refractivity contribution >= 4 is 35.6 Å². The van der Waals surface area contributed by atoms with Gasteiger partial charge in [-0.25, -0.2) is 4.99 Å². The van der Waals surface area contributed by atoms with Crippen molar-refractivity contribution in [3.8, 4) is 5.75 Å². The Morgan fingerprint density at radius 1 is 1.15 bits per heavy atom. The zero-order chi connectivity index (χ0) is 18.6. The van der Waals surface area contributed by atoms with Gasteiger partial charge in [0.2, 0.25) is 0 Å². The molecular formula is C16H16F3IN6O. The first-order chi connectivity index (χ1) is 12.4. The van der Waals surface area contributed by atoms with E-state index in [0.717, 1.165) is 5.65 Å². The normalized spacial score (nSPS) is 11.9. The highest BCUT2D eigenvalue weighted by Gasteiger charge is 2.30. The Bertz CT molecular complexity index is 910. The SMILES string of the molecule is I.NC(=NCc1ccc(OC(F)(F)F)cc1)NCc1nnc2ccccn12. The van der Waals surface area contributed by atoms with Crippen molar-refractivity contribution in [3.05, 3.63) is 60.0 Å². The Balaban J connectivity index is 0.00000261. The quantitative estimate of drug-likeness (QED) is 0.325. The van der Waals surface area contributed by atoms with Gasteiger partial charge in [0.15, 0.2) is 17.4 Å². The summed E-state index contributed by atoms with van der Waals surface area (Å²) in [6.45, 7) is 0.546. The number of nitrogens with two attached hydrogens (primary N) is 1. The fourth-order valence-electron chi connectivity index (χ4n) is 2.21. The van der Waals surface area contributed by atoms with Gasteiger partial charge in [0.25, 0.3) is 0 Å². The van der Waals surface area contributed by atoms with Gasteiger partial charge in [0.1, 0.15) is 5.75 Å². The Morgan fingerprint density at radius 3 is 2.59 bits per heavy atom. The molecule has 3 rings (SSSR count). The third-order valence-electron chi connectivity index (χ3n) is 3.40. The molecule has 2 heterocycles. The number of hydrogen-bond acceptors (Lipinski definition) is 4. The van der Waals surface area contributed by atoms with E-state index in [1.54, 1.807) is 0 Å². The van der Waals surface area contributed by atoms with Crippen molar-refractivity contribution in [1.29, 1.82) is 0 Å². The van der Waals surface area contributed by atoms with Gasteiger partial charge in [-0.15, -0.1) is 47.3 Å². The third-order valence-corrected chi connectivity index (χ3v) is 3.40. The average molecular weight is 492 g/mol. The number of aromatic nitrogens is 3. The van der Waals surface area contributed by atoms with Gasteiger partial charge in [-0.3, -0.25) is 4.40 Å². The van der Waals surface area contributed by atoms with E-state index in [-0.39, 0.29) is 42.2 Å². The fourth-order valence-corrected chi connectivity index (χ4v) is 2.21. The topological polar surface area (TPSA) is 89.8 Å². The number of nitrogens with one attached hydrogen (secondary N) is 1. The van der Waals surface area contributed by atoms with E-state index in [2.05, 4.69) is 25.2 Å². The number of pyridine rings is 1.